The third kappa shape index (κ3) is 2.30. The Kier molecular flexibility index (Phi) is 3.52. The number of aromatic nitrogens is 2. The maximum absolute atomic E-state index is 13.7. The lowest BCUT2D eigenvalue weighted by molar-refractivity contribution is 0.318. The first-order valence-corrected chi connectivity index (χ1v) is 5.86. The summed E-state index contributed by atoms with van der Waals surface area (Å²) in [6.07, 6.45) is 3.43. The van der Waals surface area contributed by atoms with Gasteiger partial charge in [0.2, 0.25) is 0 Å². The van der Waals surface area contributed by atoms with E-state index in [2.05, 4.69) is 10.1 Å². The second kappa shape index (κ2) is 5.09. The van der Waals surface area contributed by atoms with Crippen molar-refractivity contribution in [2.75, 3.05) is 0 Å². The molecule has 0 saturated carbocycles. The van der Waals surface area contributed by atoms with Crippen LogP contribution in [0, 0.1) is 5.82 Å². The van der Waals surface area contributed by atoms with E-state index in [9.17, 15) is 4.39 Å². The molecule has 18 heavy (non-hydrogen) atoms. The Morgan fingerprint density at radius 2 is 2.33 bits per heavy atom. The first-order chi connectivity index (χ1) is 8.63. The van der Waals surface area contributed by atoms with Crippen molar-refractivity contribution in [3.8, 4) is 0 Å². The van der Waals surface area contributed by atoms with Crippen LogP contribution < -0.4 is 5.73 Å². The van der Waals surface area contributed by atoms with Crippen molar-refractivity contribution in [3.05, 3.63) is 42.0 Å². The minimum atomic E-state index is -0.537. The van der Waals surface area contributed by atoms with Crippen LogP contribution in [-0.2, 0) is 7.05 Å². The molecule has 2 aromatic rings. The minimum Gasteiger partial charge on any atom is -0.409 e. The molecule has 3 N–H and O–H groups in total. The predicted molar refractivity (Wildman–Crippen MR) is 66.2 cm³/mol. The van der Waals surface area contributed by atoms with Crippen LogP contribution in [0.2, 0.25) is 0 Å². The summed E-state index contributed by atoms with van der Waals surface area (Å²) >= 11 is 1.25. The number of oxime groups is 1. The number of imidazole rings is 1. The number of rotatable bonds is 3. The quantitative estimate of drug-likeness (QED) is 0.384. The smallest absolute Gasteiger partial charge is 0.174 e. The van der Waals surface area contributed by atoms with E-state index in [1.807, 2.05) is 7.05 Å². The molecule has 0 spiro atoms. The molecule has 0 aliphatic heterocycles. The van der Waals surface area contributed by atoms with Gasteiger partial charge in [-0.05, 0) is 12.1 Å². The molecule has 0 fully saturated rings. The van der Waals surface area contributed by atoms with Gasteiger partial charge in [-0.1, -0.05) is 23.0 Å². The normalized spacial score (nSPS) is 11.8. The summed E-state index contributed by atoms with van der Waals surface area (Å²) in [6, 6.07) is 4.51. The van der Waals surface area contributed by atoms with Crippen LogP contribution >= 0.6 is 11.8 Å². The molecular weight excluding hydrogens is 255 g/mol. The minimum absolute atomic E-state index is 0.0769. The van der Waals surface area contributed by atoms with Crippen LogP contribution in [0.1, 0.15) is 5.56 Å². The van der Waals surface area contributed by atoms with Crippen LogP contribution in [0.25, 0.3) is 0 Å². The van der Waals surface area contributed by atoms with Crippen molar-refractivity contribution in [1.29, 1.82) is 0 Å². The molecule has 5 nitrogen and oxygen atoms in total. The van der Waals surface area contributed by atoms with Crippen molar-refractivity contribution in [3.63, 3.8) is 0 Å². The van der Waals surface area contributed by atoms with Crippen LogP contribution in [0.4, 0.5) is 4.39 Å². The van der Waals surface area contributed by atoms with Gasteiger partial charge in [-0.25, -0.2) is 9.37 Å². The van der Waals surface area contributed by atoms with Crippen LogP contribution in [0.5, 0.6) is 0 Å². The fourth-order valence-electron chi connectivity index (χ4n) is 1.44. The largest absolute Gasteiger partial charge is 0.409 e. The van der Waals surface area contributed by atoms with E-state index >= 15 is 0 Å². The first-order valence-electron chi connectivity index (χ1n) is 5.05. The third-order valence-electron chi connectivity index (χ3n) is 2.32. The van der Waals surface area contributed by atoms with Gasteiger partial charge in [-0.3, -0.25) is 0 Å². The zero-order valence-corrected chi connectivity index (χ0v) is 10.4. The van der Waals surface area contributed by atoms with Gasteiger partial charge in [0.1, 0.15) is 5.82 Å². The highest BCUT2D eigenvalue weighted by Gasteiger charge is 2.15. The second-order valence-corrected chi connectivity index (χ2v) is 4.53. The molecule has 0 unspecified atom stereocenters. The van der Waals surface area contributed by atoms with E-state index in [1.54, 1.807) is 29.1 Å². The summed E-state index contributed by atoms with van der Waals surface area (Å²) in [5.74, 6) is -0.797. The molecule has 2 rings (SSSR count). The fourth-order valence-corrected chi connectivity index (χ4v) is 2.40. The Labute approximate surface area is 107 Å². The van der Waals surface area contributed by atoms with E-state index in [0.29, 0.717) is 10.1 Å². The molecule has 0 amide bonds. The number of hydrogen-bond donors (Lipinski definition) is 2. The van der Waals surface area contributed by atoms with Gasteiger partial charge in [-0.2, -0.15) is 0 Å². The Bertz CT molecular complexity index is 596. The van der Waals surface area contributed by atoms with Crippen molar-refractivity contribution in [1.82, 2.24) is 9.55 Å². The molecule has 1 aromatic heterocycles. The number of hydrogen-bond acceptors (Lipinski definition) is 4. The van der Waals surface area contributed by atoms with Gasteiger partial charge in [0.25, 0.3) is 0 Å². The summed E-state index contributed by atoms with van der Waals surface area (Å²) in [5.41, 5.74) is 5.56. The summed E-state index contributed by atoms with van der Waals surface area (Å²) in [5, 5.41) is 12.2. The lowest BCUT2D eigenvalue weighted by Gasteiger charge is -2.08. The zero-order chi connectivity index (χ0) is 13.1. The van der Waals surface area contributed by atoms with Gasteiger partial charge >= 0.3 is 0 Å². The summed E-state index contributed by atoms with van der Waals surface area (Å²) in [6.45, 7) is 0. The lowest BCUT2D eigenvalue weighted by Crippen LogP contribution is -2.16. The average Bonchev–Trinajstić information content (AvgIpc) is 2.74. The highest BCUT2D eigenvalue weighted by Crippen LogP contribution is 2.30. The van der Waals surface area contributed by atoms with Gasteiger partial charge < -0.3 is 15.5 Å². The molecular formula is C11H11FN4OS. The summed E-state index contributed by atoms with van der Waals surface area (Å²) in [4.78, 5) is 4.67. The molecule has 0 saturated heterocycles. The molecule has 0 aliphatic rings. The molecule has 7 heteroatoms. The standard InChI is InChI=1S/C11H11FN4OS/c1-16-6-5-14-11(16)18-8-4-2-3-7(12)9(8)10(13)15-17/h2-6,17H,1H3,(H2,13,15). The van der Waals surface area contributed by atoms with Crippen molar-refractivity contribution >= 4 is 17.6 Å². The number of amidine groups is 1. The van der Waals surface area contributed by atoms with Crippen molar-refractivity contribution in [2.45, 2.75) is 10.1 Å². The van der Waals surface area contributed by atoms with E-state index in [-0.39, 0.29) is 11.4 Å². The molecule has 0 aliphatic carbocycles. The highest BCUT2D eigenvalue weighted by atomic mass is 32.2. The van der Waals surface area contributed by atoms with Gasteiger partial charge in [0.15, 0.2) is 11.0 Å². The number of nitrogens with two attached hydrogens (primary N) is 1. The molecule has 1 aromatic carbocycles. The zero-order valence-electron chi connectivity index (χ0n) is 9.54. The maximum Gasteiger partial charge on any atom is 0.174 e. The van der Waals surface area contributed by atoms with Gasteiger partial charge in [0, 0.05) is 24.3 Å². The van der Waals surface area contributed by atoms with E-state index < -0.39 is 5.82 Å². The molecule has 0 bridgehead atoms. The topological polar surface area (TPSA) is 76.4 Å². The number of halogens is 1. The predicted octanol–water partition coefficient (Wildman–Crippen LogP) is 1.80. The van der Waals surface area contributed by atoms with Gasteiger partial charge in [-0.15, -0.1) is 0 Å². The van der Waals surface area contributed by atoms with Crippen molar-refractivity contribution < 1.29 is 9.60 Å². The Balaban J connectivity index is 2.45. The second-order valence-electron chi connectivity index (χ2n) is 3.52. The van der Waals surface area contributed by atoms with Crippen molar-refractivity contribution in [2.24, 2.45) is 17.9 Å². The van der Waals surface area contributed by atoms with E-state index in [0.717, 1.165) is 0 Å². The molecule has 0 atom stereocenters. The van der Waals surface area contributed by atoms with Crippen LogP contribution in [0.15, 0.2) is 45.8 Å². The number of nitrogens with zero attached hydrogens (tertiary/aromatic N) is 3. The molecule has 1 heterocycles. The third-order valence-corrected chi connectivity index (χ3v) is 3.45. The fraction of sp³-hybridized carbons (Fsp3) is 0.0909. The highest BCUT2D eigenvalue weighted by molar-refractivity contribution is 7.99. The summed E-state index contributed by atoms with van der Waals surface area (Å²) in [7, 11) is 1.83. The maximum atomic E-state index is 13.7. The molecule has 0 radical (unpaired) electrons. The van der Waals surface area contributed by atoms with E-state index in [4.69, 9.17) is 10.9 Å². The van der Waals surface area contributed by atoms with Gasteiger partial charge in [0.05, 0.1) is 5.56 Å². The summed E-state index contributed by atoms with van der Waals surface area (Å²) < 4.78 is 15.5. The average molecular weight is 266 g/mol. The molecule has 94 valence electrons. The number of aryl methyl sites for hydroxylation is 1. The SMILES string of the molecule is Cn1ccnc1Sc1cccc(F)c1C(N)=NO. The van der Waals surface area contributed by atoms with Crippen LogP contribution in [0.3, 0.4) is 0 Å². The van der Waals surface area contributed by atoms with Crippen LogP contribution in [-0.4, -0.2) is 20.6 Å². The first kappa shape index (κ1) is 12.4. The number of benzene rings is 1. The Morgan fingerprint density at radius 1 is 1.56 bits per heavy atom. The Morgan fingerprint density at radius 3 is 2.94 bits per heavy atom. The van der Waals surface area contributed by atoms with E-state index in [1.165, 1.54) is 17.8 Å². The monoisotopic (exact) mass is 266 g/mol. The Hall–Kier alpha value is -2.02. The lowest BCUT2D eigenvalue weighted by atomic mass is 10.2.